The molecule has 0 radical (unpaired) electrons. The molecule has 1 unspecified atom stereocenters. The number of carbonyl (C=O) groups excluding carboxylic acids is 1. The summed E-state index contributed by atoms with van der Waals surface area (Å²) >= 11 is 0. The summed E-state index contributed by atoms with van der Waals surface area (Å²) in [5.41, 5.74) is 3.26. The first-order valence-electron chi connectivity index (χ1n) is 11.5. The Morgan fingerprint density at radius 1 is 1.09 bits per heavy atom. The zero-order valence-corrected chi connectivity index (χ0v) is 21.9. The van der Waals surface area contributed by atoms with Gasteiger partial charge in [0.25, 0.3) is 0 Å². The second-order valence-corrected chi connectivity index (χ2v) is 14.7. The van der Waals surface area contributed by atoms with Gasteiger partial charge in [-0.2, -0.15) is 5.06 Å². The Bertz CT molecular complexity index is 955. The number of hydrogen-bond acceptors (Lipinski definition) is 6. The second kappa shape index (κ2) is 10.3. The van der Waals surface area contributed by atoms with Crippen LogP contribution >= 0.6 is 0 Å². The van der Waals surface area contributed by atoms with Crippen molar-refractivity contribution in [3.05, 3.63) is 59.2 Å². The lowest BCUT2D eigenvalue weighted by Gasteiger charge is -2.44. The van der Waals surface area contributed by atoms with Gasteiger partial charge in [0.15, 0.2) is 11.5 Å². The van der Waals surface area contributed by atoms with Crippen LogP contribution in [0.2, 0.25) is 18.1 Å². The molecule has 0 saturated carbocycles. The fraction of sp³-hybridized carbons (Fsp3) is 0.500. The lowest BCUT2D eigenvalue weighted by molar-refractivity contribution is -0.152. The molecule has 3 rings (SSSR count). The maximum Gasteiger partial charge on any atom is 0.307 e. The van der Waals surface area contributed by atoms with Crippen LogP contribution in [0.15, 0.2) is 42.5 Å². The van der Waals surface area contributed by atoms with Crippen molar-refractivity contribution in [3.8, 4) is 11.5 Å². The Morgan fingerprint density at radius 3 is 2.39 bits per heavy atom. The summed E-state index contributed by atoms with van der Waals surface area (Å²) < 4.78 is 23.5. The largest absolute Gasteiger partial charge is 0.493 e. The first kappa shape index (κ1) is 25.3. The number of rotatable bonds is 8. The van der Waals surface area contributed by atoms with Crippen LogP contribution in [0, 0.1) is 0 Å². The third kappa shape index (κ3) is 5.96. The molecule has 0 aliphatic carbocycles. The van der Waals surface area contributed by atoms with E-state index in [0.717, 1.165) is 23.1 Å². The van der Waals surface area contributed by atoms with Gasteiger partial charge in [0.05, 0.1) is 26.7 Å². The summed E-state index contributed by atoms with van der Waals surface area (Å²) in [5, 5.41) is 2.05. The summed E-state index contributed by atoms with van der Waals surface area (Å²) in [5.74, 6) is 1.09. The molecule has 0 aromatic heterocycles. The quantitative estimate of drug-likeness (QED) is 0.365. The molecule has 0 amide bonds. The molecule has 2 aromatic rings. The van der Waals surface area contributed by atoms with E-state index in [1.165, 1.54) is 7.11 Å². The number of fused-ring (bicyclic) bond motifs is 1. The van der Waals surface area contributed by atoms with Crippen molar-refractivity contribution in [1.82, 2.24) is 5.06 Å². The Labute approximate surface area is 198 Å². The van der Waals surface area contributed by atoms with E-state index in [4.69, 9.17) is 18.7 Å². The van der Waals surface area contributed by atoms with Crippen molar-refractivity contribution < 1.29 is 23.5 Å². The molecular weight excluding hydrogens is 434 g/mol. The number of ether oxygens (including phenoxy) is 3. The zero-order valence-electron chi connectivity index (χ0n) is 20.9. The number of hydroxylamine groups is 2. The van der Waals surface area contributed by atoms with Crippen LogP contribution in [-0.2, 0) is 27.1 Å². The molecule has 2 aromatic carbocycles. The van der Waals surface area contributed by atoms with Crippen LogP contribution in [-0.4, -0.2) is 40.1 Å². The molecule has 1 heterocycles. The highest BCUT2D eigenvalue weighted by atomic mass is 28.4. The SMILES string of the molecule is COC(=O)CC1c2cc(OC)c(OCc3ccccc3)cc2CCN1O[Si](C)(C)C(C)(C)C. The molecular formula is C26H37NO5Si. The van der Waals surface area contributed by atoms with Crippen LogP contribution in [0.1, 0.15) is 49.9 Å². The molecule has 0 saturated heterocycles. The maximum atomic E-state index is 12.3. The van der Waals surface area contributed by atoms with Gasteiger partial charge in [0.2, 0.25) is 8.32 Å². The van der Waals surface area contributed by atoms with Crippen LogP contribution in [0.5, 0.6) is 11.5 Å². The third-order valence-corrected chi connectivity index (χ3v) is 11.0. The van der Waals surface area contributed by atoms with Gasteiger partial charge in [-0.3, -0.25) is 4.79 Å². The number of esters is 1. The van der Waals surface area contributed by atoms with E-state index < -0.39 is 8.32 Å². The molecule has 180 valence electrons. The standard InChI is InChI=1S/C26H37NO5Si/c1-26(2,3)33(6,7)32-27-14-13-20-15-24(31-18-19-11-9-8-10-12-19)23(29-4)16-21(20)22(27)17-25(28)30-5/h8-12,15-16,22H,13-14,17-18H2,1-7H3. The average molecular weight is 472 g/mol. The summed E-state index contributed by atoms with van der Waals surface area (Å²) in [6.07, 6.45) is 1.01. The molecule has 0 N–H and O–H groups in total. The Kier molecular flexibility index (Phi) is 7.87. The molecule has 6 nitrogen and oxygen atoms in total. The Morgan fingerprint density at radius 2 is 1.79 bits per heavy atom. The van der Waals surface area contributed by atoms with E-state index >= 15 is 0 Å². The van der Waals surface area contributed by atoms with Gasteiger partial charge in [0, 0.05) is 6.54 Å². The number of benzene rings is 2. The first-order valence-corrected chi connectivity index (χ1v) is 14.4. The summed E-state index contributed by atoms with van der Waals surface area (Å²) in [6, 6.07) is 13.8. The van der Waals surface area contributed by atoms with Gasteiger partial charge in [-0.25, -0.2) is 0 Å². The van der Waals surface area contributed by atoms with Crippen LogP contribution < -0.4 is 9.47 Å². The molecule has 0 bridgehead atoms. The van der Waals surface area contributed by atoms with Gasteiger partial charge in [-0.15, -0.1) is 0 Å². The highest BCUT2D eigenvalue weighted by molar-refractivity contribution is 6.74. The predicted octanol–water partition coefficient (Wildman–Crippen LogP) is 5.67. The molecule has 0 spiro atoms. The zero-order chi connectivity index (χ0) is 24.2. The molecule has 33 heavy (non-hydrogen) atoms. The van der Waals surface area contributed by atoms with Crippen LogP contribution in [0.25, 0.3) is 0 Å². The number of nitrogens with zero attached hydrogens (tertiary/aromatic N) is 1. The van der Waals surface area contributed by atoms with Crippen molar-refractivity contribution in [2.75, 3.05) is 20.8 Å². The highest BCUT2D eigenvalue weighted by Crippen LogP contribution is 2.43. The van der Waals surface area contributed by atoms with Crippen molar-refractivity contribution in [2.45, 2.75) is 64.4 Å². The van der Waals surface area contributed by atoms with E-state index in [9.17, 15) is 4.79 Å². The van der Waals surface area contributed by atoms with E-state index in [0.29, 0.717) is 24.7 Å². The van der Waals surface area contributed by atoms with Gasteiger partial charge in [0.1, 0.15) is 6.61 Å². The van der Waals surface area contributed by atoms with E-state index in [-0.39, 0.29) is 23.5 Å². The van der Waals surface area contributed by atoms with Gasteiger partial charge < -0.3 is 18.7 Å². The van der Waals surface area contributed by atoms with Crippen LogP contribution in [0.3, 0.4) is 0 Å². The monoisotopic (exact) mass is 471 g/mol. The summed E-state index contributed by atoms with van der Waals surface area (Å²) in [7, 11) is 0.979. The summed E-state index contributed by atoms with van der Waals surface area (Å²) in [4.78, 5) is 12.3. The van der Waals surface area contributed by atoms with Crippen molar-refractivity contribution in [1.29, 1.82) is 0 Å². The van der Waals surface area contributed by atoms with Crippen molar-refractivity contribution in [3.63, 3.8) is 0 Å². The van der Waals surface area contributed by atoms with Gasteiger partial charge >= 0.3 is 5.97 Å². The minimum absolute atomic E-state index is 0.0515. The molecule has 1 aliphatic heterocycles. The van der Waals surface area contributed by atoms with Crippen molar-refractivity contribution in [2.24, 2.45) is 0 Å². The number of hydrogen-bond donors (Lipinski definition) is 0. The minimum atomic E-state index is -2.08. The van der Waals surface area contributed by atoms with E-state index in [2.05, 4.69) is 33.9 Å². The highest BCUT2D eigenvalue weighted by Gasteiger charge is 2.42. The number of methoxy groups -OCH3 is 2. The normalized spacial score (nSPS) is 16.8. The predicted molar refractivity (Wildman–Crippen MR) is 132 cm³/mol. The lowest BCUT2D eigenvalue weighted by Crippen LogP contribution is -2.49. The number of carbonyl (C=O) groups is 1. The van der Waals surface area contributed by atoms with Gasteiger partial charge in [-0.1, -0.05) is 51.1 Å². The van der Waals surface area contributed by atoms with E-state index in [1.54, 1.807) is 7.11 Å². The first-order chi connectivity index (χ1) is 15.6. The lowest BCUT2D eigenvalue weighted by atomic mass is 9.91. The molecule has 1 atom stereocenters. The van der Waals surface area contributed by atoms with E-state index in [1.807, 2.05) is 47.5 Å². The molecule has 7 heteroatoms. The summed E-state index contributed by atoms with van der Waals surface area (Å²) in [6.45, 7) is 12.2. The van der Waals surface area contributed by atoms with Crippen LogP contribution in [0.4, 0.5) is 0 Å². The second-order valence-electron chi connectivity index (χ2n) is 10.0. The Hall–Kier alpha value is -2.35. The average Bonchev–Trinajstić information content (AvgIpc) is 2.78. The molecule has 1 aliphatic rings. The molecule has 0 fully saturated rings. The third-order valence-electron chi connectivity index (χ3n) is 6.71. The fourth-order valence-electron chi connectivity index (χ4n) is 3.69. The Balaban J connectivity index is 1.92. The smallest absolute Gasteiger partial charge is 0.307 e. The fourth-order valence-corrected chi connectivity index (χ4v) is 4.76. The van der Waals surface area contributed by atoms with Gasteiger partial charge in [-0.05, 0) is 53.4 Å². The maximum absolute atomic E-state index is 12.3. The van der Waals surface area contributed by atoms with Crippen molar-refractivity contribution >= 4 is 14.3 Å². The minimum Gasteiger partial charge on any atom is -0.493 e. The topological polar surface area (TPSA) is 57.2 Å².